The smallest absolute Gasteiger partial charge is 0.161 e. The SMILES string of the molecule is CNC(C)c1ccc(OC2CCCC2)c(OC)c1. The van der Waals surface area contributed by atoms with Gasteiger partial charge in [-0.1, -0.05) is 6.07 Å². The Morgan fingerprint density at radius 3 is 2.56 bits per heavy atom. The lowest BCUT2D eigenvalue weighted by atomic mass is 10.1. The molecule has 1 aromatic carbocycles. The van der Waals surface area contributed by atoms with E-state index >= 15 is 0 Å². The molecule has 2 rings (SSSR count). The summed E-state index contributed by atoms with van der Waals surface area (Å²) >= 11 is 0. The summed E-state index contributed by atoms with van der Waals surface area (Å²) in [5.41, 5.74) is 1.22. The molecule has 0 aliphatic heterocycles. The molecule has 0 spiro atoms. The van der Waals surface area contributed by atoms with Crippen LogP contribution in [0.4, 0.5) is 0 Å². The van der Waals surface area contributed by atoms with Gasteiger partial charge in [-0.3, -0.25) is 0 Å². The van der Waals surface area contributed by atoms with Gasteiger partial charge in [0.1, 0.15) is 0 Å². The highest BCUT2D eigenvalue weighted by Gasteiger charge is 2.18. The summed E-state index contributed by atoms with van der Waals surface area (Å²) < 4.78 is 11.5. The molecule has 100 valence electrons. The lowest BCUT2D eigenvalue weighted by Crippen LogP contribution is -2.14. The summed E-state index contributed by atoms with van der Waals surface area (Å²) in [4.78, 5) is 0. The fourth-order valence-corrected chi connectivity index (χ4v) is 2.40. The molecule has 1 atom stereocenters. The Hall–Kier alpha value is -1.22. The van der Waals surface area contributed by atoms with Gasteiger partial charge in [-0.2, -0.15) is 0 Å². The van der Waals surface area contributed by atoms with Gasteiger partial charge < -0.3 is 14.8 Å². The fourth-order valence-electron chi connectivity index (χ4n) is 2.40. The average molecular weight is 249 g/mol. The van der Waals surface area contributed by atoms with Crippen LogP contribution in [-0.2, 0) is 0 Å². The number of benzene rings is 1. The van der Waals surface area contributed by atoms with Crippen LogP contribution >= 0.6 is 0 Å². The van der Waals surface area contributed by atoms with Crippen molar-refractivity contribution in [3.05, 3.63) is 23.8 Å². The molecular weight excluding hydrogens is 226 g/mol. The Kier molecular flexibility index (Phi) is 4.48. The molecule has 0 saturated heterocycles. The fraction of sp³-hybridized carbons (Fsp3) is 0.600. The van der Waals surface area contributed by atoms with Crippen LogP contribution in [0.5, 0.6) is 11.5 Å². The van der Waals surface area contributed by atoms with Crippen molar-refractivity contribution < 1.29 is 9.47 Å². The number of hydrogen-bond donors (Lipinski definition) is 1. The maximum absolute atomic E-state index is 6.02. The minimum atomic E-state index is 0.319. The van der Waals surface area contributed by atoms with Crippen LogP contribution < -0.4 is 14.8 Å². The van der Waals surface area contributed by atoms with Crippen LogP contribution in [0.1, 0.15) is 44.2 Å². The van der Waals surface area contributed by atoms with Crippen LogP contribution in [-0.4, -0.2) is 20.3 Å². The Balaban J connectivity index is 2.14. The lowest BCUT2D eigenvalue weighted by molar-refractivity contribution is 0.200. The maximum atomic E-state index is 6.02. The second-order valence-corrected chi connectivity index (χ2v) is 4.94. The summed E-state index contributed by atoms with van der Waals surface area (Å²) in [6.45, 7) is 2.13. The number of rotatable bonds is 5. The zero-order valence-corrected chi connectivity index (χ0v) is 11.5. The summed E-state index contributed by atoms with van der Waals surface area (Å²) in [5.74, 6) is 1.71. The number of nitrogens with one attached hydrogen (secondary N) is 1. The molecule has 1 aliphatic rings. The second-order valence-electron chi connectivity index (χ2n) is 4.94. The van der Waals surface area contributed by atoms with Crippen LogP contribution in [0.15, 0.2) is 18.2 Å². The van der Waals surface area contributed by atoms with Gasteiger partial charge in [-0.15, -0.1) is 0 Å². The zero-order valence-electron chi connectivity index (χ0n) is 11.5. The van der Waals surface area contributed by atoms with Crippen molar-refractivity contribution in [1.29, 1.82) is 0 Å². The molecular formula is C15H23NO2. The first kappa shape index (κ1) is 13.2. The monoisotopic (exact) mass is 249 g/mol. The topological polar surface area (TPSA) is 30.5 Å². The standard InChI is InChI=1S/C15H23NO2/c1-11(16-2)12-8-9-14(15(10-12)17-3)18-13-6-4-5-7-13/h8-11,13,16H,4-7H2,1-3H3. The molecule has 1 aliphatic carbocycles. The third kappa shape index (κ3) is 2.96. The highest BCUT2D eigenvalue weighted by Crippen LogP contribution is 2.33. The predicted octanol–water partition coefficient (Wildman–Crippen LogP) is 3.30. The number of ether oxygens (including phenoxy) is 2. The molecule has 0 aromatic heterocycles. The van der Waals surface area contributed by atoms with E-state index in [1.807, 2.05) is 13.1 Å². The molecule has 1 unspecified atom stereocenters. The summed E-state index contributed by atoms with van der Waals surface area (Å²) in [6, 6.07) is 6.51. The van der Waals surface area contributed by atoms with Crippen LogP contribution in [0.25, 0.3) is 0 Å². The third-order valence-corrected chi connectivity index (χ3v) is 3.72. The van der Waals surface area contributed by atoms with Crippen LogP contribution in [0.3, 0.4) is 0 Å². The Labute approximate surface area is 109 Å². The minimum Gasteiger partial charge on any atom is -0.493 e. The van der Waals surface area contributed by atoms with Gasteiger partial charge in [0, 0.05) is 6.04 Å². The van der Waals surface area contributed by atoms with Gasteiger partial charge >= 0.3 is 0 Å². The van der Waals surface area contributed by atoms with Gasteiger partial charge in [0.05, 0.1) is 13.2 Å². The number of methoxy groups -OCH3 is 1. The molecule has 0 radical (unpaired) electrons. The number of hydrogen-bond acceptors (Lipinski definition) is 3. The predicted molar refractivity (Wildman–Crippen MR) is 73.4 cm³/mol. The summed E-state index contributed by atoms with van der Waals surface area (Å²) in [6.07, 6.45) is 5.26. The average Bonchev–Trinajstić information content (AvgIpc) is 2.91. The first-order valence-electron chi connectivity index (χ1n) is 6.76. The first-order chi connectivity index (χ1) is 8.74. The molecule has 3 nitrogen and oxygen atoms in total. The van der Waals surface area contributed by atoms with E-state index in [4.69, 9.17) is 9.47 Å². The highest BCUT2D eigenvalue weighted by molar-refractivity contribution is 5.44. The van der Waals surface area contributed by atoms with E-state index < -0.39 is 0 Å². The Morgan fingerprint density at radius 1 is 1.22 bits per heavy atom. The quantitative estimate of drug-likeness (QED) is 0.868. The van der Waals surface area contributed by atoms with Crippen molar-refractivity contribution in [3.63, 3.8) is 0 Å². The van der Waals surface area contributed by atoms with Gasteiger partial charge in [0.2, 0.25) is 0 Å². The van der Waals surface area contributed by atoms with E-state index in [0.29, 0.717) is 12.1 Å². The molecule has 3 heteroatoms. The molecule has 0 amide bonds. The molecule has 0 heterocycles. The largest absolute Gasteiger partial charge is 0.493 e. The molecule has 1 fully saturated rings. The van der Waals surface area contributed by atoms with Crippen molar-refractivity contribution in [2.45, 2.75) is 44.8 Å². The van der Waals surface area contributed by atoms with Crippen molar-refractivity contribution in [2.24, 2.45) is 0 Å². The van der Waals surface area contributed by atoms with E-state index in [1.54, 1.807) is 7.11 Å². The minimum absolute atomic E-state index is 0.319. The Bertz CT molecular complexity index is 386. The maximum Gasteiger partial charge on any atom is 0.161 e. The normalized spacial score (nSPS) is 17.7. The zero-order chi connectivity index (χ0) is 13.0. The van der Waals surface area contributed by atoms with E-state index in [9.17, 15) is 0 Å². The van der Waals surface area contributed by atoms with Crippen LogP contribution in [0.2, 0.25) is 0 Å². The Morgan fingerprint density at radius 2 is 1.94 bits per heavy atom. The molecule has 1 saturated carbocycles. The van der Waals surface area contributed by atoms with Gasteiger partial charge in [-0.05, 0) is 57.4 Å². The second kappa shape index (κ2) is 6.10. The summed E-state index contributed by atoms with van der Waals surface area (Å²) in [7, 11) is 3.66. The van der Waals surface area contributed by atoms with E-state index in [0.717, 1.165) is 24.3 Å². The van der Waals surface area contributed by atoms with Gasteiger partial charge in [0.15, 0.2) is 11.5 Å². The van der Waals surface area contributed by atoms with Crippen LogP contribution in [0, 0.1) is 0 Å². The van der Waals surface area contributed by atoms with Gasteiger partial charge in [-0.25, -0.2) is 0 Å². The van der Waals surface area contributed by atoms with E-state index in [2.05, 4.69) is 24.4 Å². The molecule has 1 N–H and O–H groups in total. The van der Waals surface area contributed by atoms with Crippen molar-refractivity contribution in [1.82, 2.24) is 5.32 Å². The van der Waals surface area contributed by atoms with Crippen molar-refractivity contribution in [2.75, 3.05) is 14.2 Å². The third-order valence-electron chi connectivity index (χ3n) is 3.72. The highest BCUT2D eigenvalue weighted by atomic mass is 16.5. The van der Waals surface area contributed by atoms with Gasteiger partial charge in [0.25, 0.3) is 0 Å². The van der Waals surface area contributed by atoms with E-state index in [1.165, 1.54) is 18.4 Å². The van der Waals surface area contributed by atoms with Crippen molar-refractivity contribution >= 4 is 0 Å². The van der Waals surface area contributed by atoms with Crippen molar-refractivity contribution in [3.8, 4) is 11.5 Å². The summed E-state index contributed by atoms with van der Waals surface area (Å²) in [5, 5.41) is 3.23. The molecule has 0 bridgehead atoms. The molecule has 1 aromatic rings. The first-order valence-corrected chi connectivity index (χ1v) is 6.76. The lowest BCUT2D eigenvalue weighted by Gasteiger charge is -2.18. The molecule has 18 heavy (non-hydrogen) atoms. The van der Waals surface area contributed by atoms with E-state index in [-0.39, 0.29) is 0 Å².